The van der Waals surface area contributed by atoms with E-state index < -0.39 is 5.41 Å². The molecule has 1 unspecified atom stereocenters. The number of piperidine rings is 1. The van der Waals surface area contributed by atoms with E-state index in [0.717, 1.165) is 29.9 Å². The van der Waals surface area contributed by atoms with Crippen LogP contribution in [0.15, 0.2) is 48.2 Å². The normalized spacial score (nSPS) is 23.1. The summed E-state index contributed by atoms with van der Waals surface area (Å²) >= 11 is 0. The number of hydrogen-bond donors (Lipinski definition) is 2. The van der Waals surface area contributed by atoms with Crippen LogP contribution in [0.3, 0.4) is 0 Å². The first-order valence-corrected chi connectivity index (χ1v) is 10.4. The van der Waals surface area contributed by atoms with Crippen molar-refractivity contribution in [2.24, 2.45) is 5.92 Å². The lowest BCUT2D eigenvalue weighted by atomic mass is 9.73. The first-order valence-electron chi connectivity index (χ1n) is 10.4. The molecular weight excluding hydrogens is 383 g/mol. The Morgan fingerprint density at radius 1 is 1.13 bits per heavy atom. The lowest BCUT2D eigenvalue weighted by Crippen LogP contribution is -2.48. The summed E-state index contributed by atoms with van der Waals surface area (Å²) in [6, 6.07) is 12.2. The van der Waals surface area contributed by atoms with Crippen LogP contribution in [0.2, 0.25) is 0 Å². The fourth-order valence-corrected chi connectivity index (χ4v) is 5.46. The predicted octanol–water partition coefficient (Wildman–Crippen LogP) is 3.79. The van der Waals surface area contributed by atoms with Gasteiger partial charge in [-0.1, -0.05) is 24.3 Å². The molecule has 0 aromatic heterocycles. The van der Waals surface area contributed by atoms with Crippen LogP contribution in [0.4, 0.5) is 10.1 Å². The Balaban J connectivity index is 1.32. The zero-order valence-corrected chi connectivity index (χ0v) is 16.9. The van der Waals surface area contributed by atoms with E-state index in [1.165, 1.54) is 12.1 Å². The molecule has 1 fully saturated rings. The van der Waals surface area contributed by atoms with E-state index in [4.69, 9.17) is 0 Å². The molecule has 2 aliphatic heterocycles. The molecule has 30 heavy (non-hydrogen) atoms. The molecule has 3 aliphatic rings. The Bertz CT molecular complexity index is 1060. The highest BCUT2D eigenvalue weighted by atomic mass is 19.1. The summed E-state index contributed by atoms with van der Waals surface area (Å²) in [6.07, 6.45) is 1.90. The Hall–Kier alpha value is -2.86. The third-order valence-corrected chi connectivity index (χ3v) is 7.11. The van der Waals surface area contributed by atoms with Crippen LogP contribution >= 0.6 is 0 Å². The lowest BCUT2D eigenvalue weighted by Gasteiger charge is -2.42. The van der Waals surface area contributed by atoms with Gasteiger partial charge in [-0.15, -0.1) is 0 Å². The molecule has 156 valence electrons. The van der Waals surface area contributed by atoms with Gasteiger partial charge in [-0.3, -0.25) is 4.79 Å². The summed E-state index contributed by atoms with van der Waals surface area (Å²) in [5.41, 5.74) is 2.80. The molecule has 0 radical (unpaired) electrons. The Morgan fingerprint density at radius 3 is 2.63 bits per heavy atom. The summed E-state index contributed by atoms with van der Waals surface area (Å²) in [6.45, 7) is 2.04. The van der Waals surface area contributed by atoms with Crippen molar-refractivity contribution in [3.63, 3.8) is 0 Å². The van der Waals surface area contributed by atoms with Gasteiger partial charge in [0.2, 0.25) is 5.91 Å². The van der Waals surface area contributed by atoms with Gasteiger partial charge >= 0.3 is 0 Å². The van der Waals surface area contributed by atoms with Crippen LogP contribution < -0.4 is 4.90 Å². The maximum atomic E-state index is 13.7. The zero-order valence-electron chi connectivity index (χ0n) is 16.9. The Labute approximate surface area is 175 Å². The van der Waals surface area contributed by atoms with Crippen LogP contribution in [-0.2, 0) is 16.6 Å². The third kappa shape index (κ3) is 2.74. The minimum absolute atomic E-state index is 0.0123. The highest BCUT2D eigenvalue weighted by molar-refractivity contribution is 5.97. The van der Waals surface area contributed by atoms with Crippen LogP contribution in [0.1, 0.15) is 29.5 Å². The van der Waals surface area contributed by atoms with E-state index in [1.807, 2.05) is 24.3 Å². The van der Waals surface area contributed by atoms with Crippen LogP contribution in [0.25, 0.3) is 5.76 Å². The smallest absolute Gasteiger partial charge is 0.231 e. The second-order valence-corrected chi connectivity index (χ2v) is 8.70. The number of benzene rings is 2. The van der Waals surface area contributed by atoms with E-state index in [-0.39, 0.29) is 29.2 Å². The molecule has 1 spiro atoms. The van der Waals surface area contributed by atoms with Crippen LogP contribution in [0, 0.1) is 11.7 Å². The number of aliphatic hydroxyl groups excluding tert-OH is 2. The van der Waals surface area contributed by atoms with Crippen LogP contribution in [-0.4, -0.2) is 47.7 Å². The van der Waals surface area contributed by atoms with Crippen molar-refractivity contribution in [1.82, 2.24) is 4.90 Å². The number of rotatable bonds is 2. The number of nitrogens with zero attached hydrogens (tertiary/aromatic N) is 2. The number of aliphatic hydroxyl groups is 2. The summed E-state index contributed by atoms with van der Waals surface area (Å²) < 4.78 is 13.7. The third-order valence-electron chi connectivity index (χ3n) is 7.11. The van der Waals surface area contributed by atoms with Gasteiger partial charge in [-0.05, 0) is 61.7 Å². The number of allylic oxidation sites excluding steroid dienone is 1. The van der Waals surface area contributed by atoms with Gasteiger partial charge < -0.3 is 20.0 Å². The van der Waals surface area contributed by atoms with E-state index >= 15 is 0 Å². The molecule has 1 atom stereocenters. The molecule has 2 N–H and O–H groups in total. The minimum Gasteiger partial charge on any atom is -0.507 e. The quantitative estimate of drug-likeness (QED) is 0.794. The molecule has 1 amide bonds. The topological polar surface area (TPSA) is 64.0 Å². The number of anilines is 1. The average molecular weight is 408 g/mol. The molecule has 5 rings (SSSR count). The van der Waals surface area contributed by atoms with Crippen molar-refractivity contribution < 1.29 is 19.4 Å². The van der Waals surface area contributed by atoms with E-state index in [2.05, 4.69) is 4.90 Å². The molecular formula is C24H25FN2O3. The number of likely N-dealkylation sites (tertiary alicyclic amines) is 1. The molecule has 6 heteroatoms. The highest BCUT2D eigenvalue weighted by Crippen LogP contribution is 2.50. The number of fused-ring (bicyclic) bond motifs is 3. The zero-order chi connectivity index (χ0) is 21.0. The van der Waals surface area contributed by atoms with Gasteiger partial charge in [0.25, 0.3) is 0 Å². The lowest BCUT2D eigenvalue weighted by molar-refractivity contribution is -0.123. The summed E-state index contributed by atoms with van der Waals surface area (Å²) in [4.78, 5) is 16.8. The fraction of sp³-hybridized carbons (Fsp3) is 0.375. The second-order valence-electron chi connectivity index (χ2n) is 8.70. The van der Waals surface area contributed by atoms with Gasteiger partial charge in [-0.2, -0.15) is 0 Å². The second kappa shape index (κ2) is 6.84. The van der Waals surface area contributed by atoms with Gasteiger partial charge in [0.15, 0.2) is 5.76 Å². The molecule has 1 saturated heterocycles. The van der Waals surface area contributed by atoms with Crippen molar-refractivity contribution in [3.8, 4) is 0 Å². The van der Waals surface area contributed by atoms with Crippen molar-refractivity contribution in [2.75, 3.05) is 31.6 Å². The first kappa shape index (κ1) is 19.1. The maximum absolute atomic E-state index is 13.7. The van der Waals surface area contributed by atoms with E-state index in [1.54, 1.807) is 18.0 Å². The molecule has 2 heterocycles. The summed E-state index contributed by atoms with van der Waals surface area (Å²) in [5, 5.41) is 21.1. The van der Waals surface area contributed by atoms with Crippen molar-refractivity contribution in [1.29, 1.82) is 0 Å². The van der Waals surface area contributed by atoms with E-state index in [9.17, 15) is 19.4 Å². The maximum Gasteiger partial charge on any atom is 0.231 e. The van der Waals surface area contributed by atoms with E-state index in [0.29, 0.717) is 31.4 Å². The summed E-state index contributed by atoms with van der Waals surface area (Å²) in [7, 11) is 1.75. The highest BCUT2D eigenvalue weighted by Gasteiger charge is 2.48. The van der Waals surface area contributed by atoms with Crippen LogP contribution in [0.5, 0.6) is 0 Å². The number of carbonyl (C=O) groups is 1. The number of hydrogen-bond acceptors (Lipinski definition) is 4. The first-order chi connectivity index (χ1) is 14.4. The van der Waals surface area contributed by atoms with Gasteiger partial charge in [0.1, 0.15) is 11.6 Å². The Morgan fingerprint density at radius 2 is 1.87 bits per heavy atom. The molecule has 5 nitrogen and oxygen atoms in total. The minimum atomic E-state index is -0.541. The van der Waals surface area contributed by atoms with Crippen molar-refractivity contribution in [3.05, 3.63) is 70.7 Å². The molecule has 0 bridgehead atoms. The molecule has 1 aliphatic carbocycles. The molecule has 2 aromatic rings. The molecule has 0 saturated carbocycles. The van der Waals surface area contributed by atoms with Gasteiger partial charge in [0, 0.05) is 24.8 Å². The van der Waals surface area contributed by atoms with Crippen molar-refractivity contribution in [2.45, 2.75) is 24.7 Å². The Kier molecular flexibility index (Phi) is 4.36. The average Bonchev–Trinajstić information content (AvgIpc) is 2.96. The monoisotopic (exact) mass is 408 g/mol. The van der Waals surface area contributed by atoms with Gasteiger partial charge in [0.05, 0.1) is 11.3 Å². The largest absolute Gasteiger partial charge is 0.507 e. The number of halogens is 1. The summed E-state index contributed by atoms with van der Waals surface area (Å²) in [5.74, 6) is -0.382. The predicted molar refractivity (Wildman–Crippen MR) is 113 cm³/mol. The number of carbonyl (C=O) groups excluding carboxylic acids is 1. The number of amides is 1. The SMILES string of the molecule is CN1C(=O)C(CN2CCC3(CC2)C(O)=C(O)c2ccccc23)Cc2cc(F)ccc21. The molecule has 2 aromatic carbocycles. The standard InChI is InChI=1S/C24H25FN2O3/c1-26-20-7-6-17(25)13-15(20)12-16(23(26)30)14-27-10-8-24(9-11-27)19-5-3-2-4-18(19)21(28)22(24)29/h2-7,13,16,28-29H,8-12,14H2,1H3. The van der Waals surface area contributed by atoms with Crippen molar-refractivity contribution >= 4 is 17.4 Å². The van der Waals surface area contributed by atoms with Gasteiger partial charge in [-0.25, -0.2) is 4.39 Å². The fourth-order valence-electron chi connectivity index (χ4n) is 5.46.